The van der Waals surface area contributed by atoms with Gasteiger partial charge in [0.2, 0.25) is 0 Å². The van der Waals surface area contributed by atoms with Crippen molar-refractivity contribution >= 4 is 0 Å². The van der Waals surface area contributed by atoms with Gasteiger partial charge in [0.1, 0.15) is 0 Å². The predicted octanol–water partition coefficient (Wildman–Crippen LogP) is 12.0. The van der Waals surface area contributed by atoms with Crippen LogP contribution in [0.4, 0.5) is 0 Å². The van der Waals surface area contributed by atoms with Gasteiger partial charge in [-0.15, -0.1) is 0 Å². The molecule has 0 aromatic rings. The lowest BCUT2D eigenvalue weighted by molar-refractivity contribution is -0.929. The number of unbranched alkanes of at least 4 members (excludes halogenated alkanes) is 22. The third kappa shape index (κ3) is 24.1. The van der Waals surface area contributed by atoms with Crippen LogP contribution in [-0.4, -0.2) is 30.7 Å². The van der Waals surface area contributed by atoms with E-state index in [1.54, 1.807) is 0 Å². The van der Waals surface area contributed by atoms with E-state index in [0.29, 0.717) is 0 Å². The Morgan fingerprint density at radius 3 is 0.686 bits per heavy atom. The summed E-state index contributed by atoms with van der Waals surface area (Å²) in [6.07, 6.45) is 37.8. The molecule has 0 spiro atoms. The number of nitrogens with zero attached hydrogens (tertiary/aromatic N) is 1. The molecule has 1 nitrogen and oxygen atoms in total. The van der Waals surface area contributed by atoms with Gasteiger partial charge in [-0.05, 0) is 44.9 Å². The van der Waals surface area contributed by atoms with Gasteiger partial charge in [0.15, 0.2) is 0 Å². The average molecular weight is 495 g/mol. The van der Waals surface area contributed by atoms with Gasteiger partial charge in [-0.25, -0.2) is 0 Å². The van der Waals surface area contributed by atoms with E-state index in [2.05, 4.69) is 27.7 Å². The number of rotatable bonds is 30. The molecule has 0 aliphatic heterocycles. The Morgan fingerprint density at radius 1 is 0.229 bits per heavy atom. The van der Waals surface area contributed by atoms with Gasteiger partial charge < -0.3 is 4.48 Å². The van der Waals surface area contributed by atoms with Crippen LogP contribution in [0.1, 0.15) is 195 Å². The lowest BCUT2D eigenvalue weighted by Crippen LogP contribution is -2.50. The second-order valence-electron chi connectivity index (χ2n) is 12.0. The van der Waals surface area contributed by atoms with Crippen LogP contribution >= 0.6 is 0 Å². The standard InChI is InChI=1S/C34H72N/c1-5-9-13-16-19-22-25-28-32-35(31-12-8-4,33-29-26-23-20-17-14-10-6-2)34-30-27-24-21-18-15-11-7-3/h5-34H2,1-4H3/q+1. The minimum atomic E-state index is 1.37. The molecule has 212 valence electrons. The maximum absolute atomic E-state index is 2.40. The van der Waals surface area contributed by atoms with Crippen molar-refractivity contribution in [2.24, 2.45) is 0 Å². The zero-order chi connectivity index (χ0) is 25.7. The van der Waals surface area contributed by atoms with Crippen LogP contribution in [0.2, 0.25) is 0 Å². The van der Waals surface area contributed by atoms with Gasteiger partial charge in [0.05, 0.1) is 26.2 Å². The van der Waals surface area contributed by atoms with Gasteiger partial charge in [-0.3, -0.25) is 0 Å². The zero-order valence-corrected chi connectivity index (χ0v) is 25.7. The number of hydrogen-bond donors (Lipinski definition) is 0. The molecule has 0 aliphatic carbocycles. The molecule has 0 aromatic carbocycles. The normalized spacial score (nSPS) is 12.0. The van der Waals surface area contributed by atoms with E-state index in [0.717, 1.165) is 0 Å². The van der Waals surface area contributed by atoms with Crippen LogP contribution in [0, 0.1) is 0 Å². The summed E-state index contributed by atoms with van der Waals surface area (Å²) in [5, 5.41) is 0. The average Bonchev–Trinajstić information content (AvgIpc) is 2.87. The van der Waals surface area contributed by atoms with E-state index < -0.39 is 0 Å². The van der Waals surface area contributed by atoms with Crippen molar-refractivity contribution < 1.29 is 4.48 Å². The fourth-order valence-corrected chi connectivity index (χ4v) is 5.91. The second-order valence-corrected chi connectivity index (χ2v) is 12.0. The quantitative estimate of drug-likeness (QED) is 0.0687. The van der Waals surface area contributed by atoms with Crippen LogP contribution in [0.5, 0.6) is 0 Å². The molecular weight excluding hydrogens is 422 g/mol. The van der Waals surface area contributed by atoms with Gasteiger partial charge in [-0.2, -0.15) is 0 Å². The van der Waals surface area contributed by atoms with Crippen molar-refractivity contribution in [1.29, 1.82) is 0 Å². The molecule has 0 heterocycles. The van der Waals surface area contributed by atoms with E-state index in [4.69, 9.17) is 0 Å². The Balaban J connectivity index is 4.50. The molecule has 0 unspecified atom stereocenters. The van der Waals surface area contributed by atoms with Gasteiger partial charge >= 0.3 is 0 Å². The minimum absolute atomic E-state index is 1.37. The number of quaternary nitrogens is 1. The smallest absolute Gasteiger partial charge is 0.0786 e. The maximum Gasteiger partial charge on any atom is 0.0786 e. The summed E-state index contributed by atoms with van der Waals surface area (Å²) >= 11 is 0. The van der Waals surface area contributed by atoms with Crippen molar-refractivity contribution in [2.75, 3.05) is 26.2 Å². The second kappa shape index (κ2) is 28.5. The highest BCUT2D eigenvalue weighted by molar-refractivity contribution is 4.54. The largest absolute Gasteiger partial charge is 0.324 e. The highest BCUT2D eigenvalue weighted by atomic mass is 15.3. The van der Waals surface area contributed by atoms with Crippen LogP contribution in [-0.2, 0) is 0 Å². The highest BCUT2D eigenvalue weighted by Gasteiger charge is 2.25. The molecule has 0 atom stereocenters. The summed E-state index contributed by atoms with van der Waals surface area (Å²) in [6.45, 7) is 15.3. The Hall–Kier alpha value is -0.0400. The van der Waals surface area contributed by atoms with Gasteiger partial charge in [0, 0.05) is 0 Å². The van der Waals surface area contributed by atoms with Crippen molar-refractivity contribution in [3.05, 3.63) is 0 Å². The first-order chi connectivity index (χ1) is 17.2. The van der Waals surface area contributed by atoms with E-state index in [1.165, 1.54) is 198 Å². The minimum Gasteiger partial charge on any atom is -0.324 e. The Labute approximate surface area is 225 Å². The molecule has 0 saturated heterocycles. The fourth-order valence-electron chi connectivity index (χ4n) is 5.91. The Bertz CT molecular complexity index is 326. The first-order valence-electron chi connectivity index (χ1n) is 17.1. The molecule has 0 aromatic heterocycles. The number of hydrogen-bond acceptors (Lipinski definition) is 0. The molecule has 0 N–H and O–H groups in total. The van der Waals surface area contributed by atoms with E-state index in [9.17, 15) is 0 Å². The van der Waals surface area contributed by atoms with Crippen molar-refractivity contribution in [2.45, 2.75) is 195 Å². The van der Waals surface area contributed by atoms with Crippen LogP contribution < -0.4 is 0 Å². The summed E-state index contributed by atoms with van der Waals surface area (Å²) in [6, 6.07) is 0. The Morgan fingerprint density at radius 2 is 0.429 bits per heavy atom. The van der Waals surface area contributed by atoms with Crippen LogP contribution in [0.3, 0.4) is 0 Å². The summed E-state index contributed by atoms with van der Waals surface area (Å²) in [5.74, 6) is 0. The van der Waals surface area contributed by atoms with Gasteiger partial charge in [-0.1, -0.05) is 150 Å². The van der Waals surface area contributed by atoms with Crippen LogP contribution in [0.15, 0.2) is 0 Å². The van der Waals surface area contributed by atoms with E-state index >= 15 is 0 Å². The molecule has 0 rings (SSSR count). The summed E-state index contributed by atoms with van der Waals surface area (Å²) in [7, 11) is 0. The fraction of sp³-hybridized carbons (Fsp3) is 1.00. The SMILES string of the molecule is CCCCCCCCCC[N+](CCCC)(CCCCCCCCCC)CCCCCCCCCC. The highest BCUT2D eigenvalue weighted by Crippen LogP contribution is 2.20. The molecule has 0 aliphatic rings. The third-order valence-electron chi connectivity index (χ3n) is 8.44. The molecule has 0 amide bonds. The molecular formula is C34H72N+. The first-order valence-corrected chi connectivity index (χ1v) is 17.1. The molecule has 1 heteroatoms. The zero-order valence-electron chi connectivity index (χ0n) is 25.7. The summed E-state index contributed by atoms with van der Waals surface area (Å²) in [4.78, 5) is 0. The Kier molecular flexibility index (Phi) is 28.5. The lowest BCUT2D eigenvalue weighted by Gasteiger charge is -2.39. The molecule has 0 saturated carbocycles. The van der Waals surface area contributed by atoms with Crippen LogP contribution in [0.25, 0.3) is 0 Å². The lowest BCUT2D eigenvalue weighted by atomic mass is 10.0. The molecule has 0 bridgehead atoms. The first kappa shape index (κ1) is 35.0. The van der Waals surface area contributed by atoms with Crippen molar-refractivity contribution in [3.8, 4) is 0 Å². The summed E-state index contributed by atoms with van der Waals surface area (Å²) in [5.41, 5.74) is 0. The summed E-state index contributed by atoms with van der Waals surface area (Å²) < 4.78 is 1.47. The predicted molar refractivity (Wildman–Crippen MR) is 162 cm³/mol. The van der Waals surface area contributed by atoms with Gasteiger partial charge in [0.25, 0.3) is 0 Å². The molecule has 0 fully saturated rings. The van der Waals surface area contributed by atoms with E-state index in [1.807, 2.05) is 0 Å². The van der Waals surface area contributed by atoms with Crippen molar-refractivity contribution in [3.63, 3.8) is 0 Å². The maximum atomic E-state index is 2.40. The topological polar surface area (TPSA) is 0 Å². The van der Waals surface area contributed by atoms with E-state index in [-0.39, 0.29) is 0 Å². The monoisotopic (exact) mass is 495 g/mol. The third-order valence-corrected chi connectivity index (χ3v) is 8.44. The molecule has 0 radical (unpaired) electrons. The molecule has 35 heavy (non-hydrogen) atoms. The van der Waals surface area contributed by atoms with Crippen molar-refractivity contribution in [1.82, 2.24) is 0 Å².